The van der Waals surface area contributed by atoms with Gasteiger partial charge in [0.25, 0.3) is 0 Å². The lowest BCUT2D eigenvalue weighted by molar-refractivity contribution is 0.762. The average molecular weight is 370 g/mol. The van der Waals surface area contributed by atoms with Crippen molar-refractivity contribution in [2.45, 2.75) is 19.0 Å². The quantitative estimate of drug-likeness (QED) is 0.689. The van der Waals surface area contributed by atoms with Crippen LogP contribution in [-0.2, 0) is 0 Å². The van der Waals surface area contributed by atoms with Crippen LogP contribution in [0.25, 0.3) is 11.4 Å². The van der Waals surface area contributed by atoms with E-state index in [0.29, 0.717) is 10.8 Å². The van der Waals surface area contributed by atoms with Crippen LogP contribution in [0.5, 0.6) is 0 Å². The Kier molecular flexibility index (Phi) is 4.01. The van der Waals surface area contributed by atoms with Gasteiger partial charge in [0, 0.05) is 27.6 Å². The fourth-order valence-corrected chi connectivity index (χ4v) is 3.80. The van der Waals surface area contributed by atoms with Crippen LogP contribution in [0.4, 0.5) is 5.69 Å². The van der Waals surface area contributed by atoms with Crippen molar-refractivity contribution >= 4 is 34.8 Å². The Balaban J connectivity index is 1.81. The molecule has 0 fully saturated rings. The highest BCUT2D eigenvalue weighted by atomic mass is 35.5. The van der Waals surface area contributed by atoms with Crippen molar-refractivity contribution in [2.75, 3.05) is 11.5 Å². The van der Waals surface area contributed by atoms with E-state index < -0.39 is 0 Å². The number of hydrogen-bond donors (Lipinski definition) is 1. The molecule has 126 valence electrons. The number of fused-ring (bicyclic) bond motifs is 1. The molecule has 0 radical (unpaired) electrons. The molecule has 0 bridgehead atoms. The molecular formula is C18H16ClN5S. The van der Waals surface area contributed by atoms with E-state index in [0.717, 1.165) is 44.6 Å². The minimum atomic E-state index is 0.702. The first-order valence-electron chi connectivity index (χ1n) is 7.82. The van der Waals surface area contributed by atoms with Gasteiger partial charge in [0.15, 0.2) is 5.82 Å². The molecule has 0 atom stereocenters. The van der Waals surface area contributed by atoms with Crippen molar-refractivity contribution in [1.82, 2.24) is 14.9 Å². The maximum atomic E-state index is 6.07. The topological polar surface area (TPSA) is 69.1 Å². The number of nitrogens with two attached hydrogens (primary N) is 1. The number of anilines is 1. The summed E-state index contributed by atoms with van der Waals surface area (Å²) in [7, 11) is 0. The first-order chi connectivity index (χ1) is 12.0. The Morgan fingerprint density at radius 1 is 1.08 bits per heavy atom. The third-order valence-electron chi connectivity index (χ3n) is 4.21. The molecule has 5 nitrogen and oxygen atoms in total. The van der Waals surface area contributed by atoms with E-state index in [1.54, 1.807) is 16.4 Å². The molecule has 4 rings (SSSR count). The van der Waals surface area contributed by atoms with Gasteiger partial charge in [0.05, 0.1) is 5.71 Å². The zero-order valence-electron chi connectivity index (χ0n) is 13.8. The summed E-state index contributed by atoms with van der Waals surface area (Å²) in [6.07, 6.45) is 0. The van der Waals surface area contributed by atoms with Crippen molar-refractivity contribution in [2.24, 2.45) is 5.10 Å². The summed E-state index contributed by atoms with van der Waals surface area (Å²) in [5.74, 6) is 1.45. The Labute approximate surface area is 154 Å². The standard InChI is InChI=1S/C18H16ClN5S/c1-10-3-4-12(8-15(10)20)16-9-25-18-22-21-17(24(18)23-16)14-6-5-13(19)7-11(14)2/h3-8H,9,20H2,1-2H3. The number of hydrogen-bond acceptors (Lipinski definition) is 5. The molecule has 25 heavy (non-hydrogen) atoms. The molecule has 0 saturated heterocycles. The molecule has 0 amide bonds. The van der Waals surface area contributed by atoms with Gasteiger partial charge < -0.3 is 5.73 Å². The van der Waals surface area contributed by atoms with Gasteiger partial charge >= 0.3 is 0 Å². The molecule has 2 N–H and O–H groups in total. The van der Waals surface area contributed by atoms with E-state index in [1.807, 2.05) is 50.2 Å². The fraction of sp³-hybridized carbons (Fsp3) is 0.167. The van der Waals surface area contributed by atoms with Gasteiger partial charge in [0.1, 0.15) is 0 Å². The minimum absolute atomic E-state index is 0.702. The molecule has 1 aliphatic rings. The Morgan fingerprint density at radius 2 is 1.92 bits per heavy atom. The molecular weight excluding hydrogens is 354 g/mol. The molecule has 0 saturated carbocycles. The lowest BCUT2D eigenvalue weighted by Gasteiger charge is -2.15. The van der Waals surface area contributed by atoms with Crippen LogP contribution in [0.15, 0.2) is 46.7 Å². The average Bonchev–Trinajstić information content (AvgIpc) is 3.00. The highest BCUT2D eigenvalue weighted by Gasteiger charge is 2.21. The van der Waals surface area contributed by atoms with Gasteiger partial charge in [-0.25, -0.2) is 0 Å². The molecule has 0 aliphatic carbocycles. The molecule has 0 spiro atoms. The van der Waals surface area contributed by atoms with Gasteiger partial charge in [-0.05, 0) is 49.2 Å². The number of halogens is 1. The van der Waals surface area contributed by atoms with Crippen LogP contribution in [0.3, 0.4) is 0 Å². The third kappa shape index (κ3) is 2.92. The van der Waals surface area contributed by atoms with Crippen molar-refractivity contribution < 1.29 is 0 Å². The van der Waals surface area contributed by atoms with Crippen LogP contribution < -0.4 is 5.73 Å². The zero-order valence-corrected chi connectivity index (χ0v) is 15.4. The van der Waals surface area contributed by atoms with Crippen molar-refractivity contribution in [1.29, 1.82) is 0 Å². The molecule has 2 heterocycles. The molecule has 1 aromatic heterocycles. The predicted octanol–water partition coefficient (Wildman–Crippen LogP) is 4.16. The largest absolute Gasteiger partial charge is 0.398 e. The van der Waals surface area contributed by atoms with Crippen molar-refractivity contribution in [3.05, 3.63) is 58.1 Å². The maximum absolute atomic E-state index is 6.07. The smallest absolute Gasteiger partial charge is 0.212 e. The summed E-state index contributed by atoms with van der Waals surface area (Å²) in [6.45, 7) is 4.00. The molecule has 0 unspecified atom stereocenters. The van der Waals surface area contributed by atoms with E-state index in [1.165, 1.54) is 0 Å². The second-order valence-electron chi connectivity index (χ2n) is 5.98. The van der Waals surface area contributed by atoms with E-state index >= 15 is 0 Å². The fourth-order valence-electron chi connectivity index (χ4n) is 2.74. The number of benzene rings is 2. The lowest BCUT2D eigenvalue weighted by Crippen LogP contribution is -2.14. The number of rotatable bonds is 2. The molecule has 7 heteroatoms. The highest BCUT2D eigenvalue weighted by Crippen LogP contribution is 2.31. The number of nitrogen functional groups attached to an aromatic ring is 1. The summed E-state index contributed by atoms with van der Waals surface area (Å²) in [5, 5.41) is 14.9. The summed E-state index contributed by atoms with van der Waals surface area (Å²) in [4.78, 5) is 0. The van der Waals surface area contributed by atoms with E-state index in [-0.39, 0.29) is 0 Å². The molecule has 1 aliphatic heterocycles. The van der Waals surface area contributed by atoms with Crippen molar-refractivity contribution in [3.63, 3.8) is 0 Å². The number of aromatic nitrogens is 3. The normalized spacial score (nSPS) is 13.5. The van der Waals surface area contributed by atoms with Crippen molar-refractivity contribution in [3.8, 4) is 11.4 Å². The lowest BCUT2D eigenvalue weighted by atomic mass is 10.1. The summed E-state index contributed by atoms with van der Waals surface area (Å²) >= 11 is 7.68. The Hall–Kier alpha value is -2.31. The molecule has 2 aromatic carbocycles. The zero-order chi connectivity index (χ0) is 17.6. The van der Waals surface area contributed by atoms with Crippen LogP contribution >= 0.6 is 23.4 Å². The number of aryl methyl sites for hydroxylation is 2. The van der Waals surface area contributed by atoms with E-state index in [4.69, 9.17) is 22.4 Å². The Bertz CT molecular complexity index is 1010. The number of thioether (sulfide) groups is 1. The second-order valence-corrected chi connectivity index (χ2v) is 7.36. The monoisotopic (exact) mass is 369 g/mol. The first kappa shape index (κ1) is 16.2. The van der Waals surface area contributed by atoms with E-state index in [2.05, 4.69) is 10.2 Å². The Morgan fingerprint density at radius 3 is 2.68 bits per heavy atom. The number of nitrogens with zero attached hydrogens (tertiary/aromatic N) is 4. The van der Waals surface area contributed by atoms with Gasteiger partial charge in [-0.2, -0.15) is 9.78 Å². The summed E-state index contributed by atoms with van der Waals surface area (Å²) in [5.41, 5.74) is 11.9. The van der Waals surface area contributed by atoms with Crippen LogP contribution in [0.2, 0.25) is 5.02 Å². The van der Waals surface area contributed by atoms with Crippen LogP contribution in [0, 0.1) is 13.8 Å². The third-order valence-corrected chi connectivity index (χ3v) is 5.38. The highest BCUT2D eigenvalue weighted by molar-refractivity contribution is 7.99. The van der Waals surface area contributed by atoms with Gasteiger partial charge in [-0.15, -0.1) is 10.2 Å². The van der Waals surface area contributed by atoms with E-state index in [9.17, 15) is 0 Å². The summed E-state index contributed by atoms with van der Waals surface area (Å²) < 4.78 is 1.80. The van der Waals surface area contributed by atoms with Gasteiger partial charge in [-0.1, -0.05) is 35.5 Å². The minimum Gasteiger partial charge on any atom is -0.398 e. The summed E-state index contributed by atoms with van der Waals surface area (Å²) in [6, 6.07) is 11.8. The van der Waals surface area contributed by atoms with Crippen LogP contribution in [0.1, 0.15) is 16.7 Å². The van der Waals surface area contributed by atoms with Gasteiger partial charge in [0.2, 0.25) is 5.16 Å². The maximum Gasteiger partial charge on any atom is 0.212 e. The first-order valence-corrected chi connectivity index (χ1v) is 9.18. The van der Waals surface area contributed by atoms with Crippen LogP contribution in [-0.4, -0.2) is 26.3 Å². The van der Waals surface area contributed by atoms with Gasteiger partial charge in [-0.3, -0.25) is 0 Å². The molecule has 3 aromatic rings. The SMILES string of the molecule is Cc1ccc(C2=Nn3c(nnc3-c3ccc(Cl)cc3C)SC2)cc1N. The second kappa shape index (κ2) is 6.20. The predicted molar refractivity (Wildman–Crippen MR) is 103 cm³/mol.